The second-order valence-electron chi connectivity index (χ2n) is 8.62. The average Bonchev–Trinajstić information content (AvgIpc) is 2.58. The maximum absolute atomic E-state index is 13.2. The molecule has 3 unspecified atom stereocenters. The van der Waals surface area contributed by atoms with E-state index in [0.717, 1.165) is 19.3 Å². The van der Waals surface area contributed by atoms with Crippen molar-refractivity contribution < 1.29 is 19.1 Å². The van der Waals surface area contributed by atoms with Gasteiger partial charge in [0.05, 0.1) is 0 Å². The lowest BCUT2D eigenvalue weighted by atomic mass is 9.67. The Morgan fingerprint density at radius 1 is 1.21 bits per heavy atom. The Morgan fingerprint density at radius 3 is 2.43 bits per heavy atom. The van der Waals surface area contributed by atoms with Crippen LogP contribution in [0.4, 0.5) is 4.79 Å². The summed E-state index contributed by atoms with van der Waals surface area (Å²) in [5, 5.41) is 8.66. The van der Waals surface area contributed by atoms with Crippen molar-refractivity contribution in [3.8, 4) is 0 Å². The van der Waals surface area contributed by atoms with E-state index in [0.29, 0.717) is 19.4 Å². The summed E-state index contributed by atoms with van der Waals surface area (Å²) < 4.78 is 5.31. The van der Waals surface area contributed by atoms with Gasteiger partial charge in [-0.15, -0.1) is 6.58 Å². The Kier molecular flexibility index (Phi) is 8.98. The largest absolute Gasteiger partial charge is 0.444 e. The maximum Gasteiger partial charge on any atom is 0.407 e. The van der Waals surface area contributed by atoms with Gasteiger partial charge in [-0.1, -0.05) is 19.4 Å². The molecule has 0 spiro atoms. The van der Waals surface area contributed by atoms with Crippen LogP contribution in [0.25, 0.3) is 0 Å². The third kappa shape index (κ3) is 7.17. The fraction of sp³-hybridized carbons (Fsp3) is 0.762. The van der Waals surface area contributed by atoms with E-state index in [1.54, 1.807) is 20.8 Å². The number of rotatable bonds is 8. The minimum absolute atomic E-state index is 0.126. The number of hydrogen-bond acceptors (Lipinski definition) is 4. The molecule has 1 aliphatic rings. The third-order valence-electron chi connectivity index (χ3n) is 5.01. The number of nitrogens with one attached hydrogen (secondary N) is 3. The zero-order valence-corrected chi connectivity index (χ0v) is 18.0. The Hall–Kier alpha value is -2.05. The first kappa shape index (κ1) is 24.0. The van der Waals surface area contributed by atoms with Gasteiger partial charge >= 0.3 is 6.09 Å². The van der Waals surface area contributed by atoms with Crippen LogP contribution in [0.15, 0.2) is 12.7 Å². The van der Waals surface area contributed by atoms with E-state index < -0.39 is 17.2 Å². The molecule has 160 valence electrons. The summed E-state index contributed by atoms with van der Waals surface area (Å²) in [5.41, 5.74) is -1.68. The number of alkyl carbamates (subject to hydrolysis) is 1. The number of allylic oxidation sites excluding steroid dienone is 1. The zero-order chi connectivity index (χ0) is 21.4. The third-order valence-corrected chi connectivity index (χ3v) is 5.01. The lowest BCUT2D eigenvalue weighted by Gasteiger charge is -2.45. The summed E-state index contributed by atoms with van der Waals surface area (Å²) >= 11 is 0. The Labute approximate surface area is 169 Å². The summed E-state index contributed by atoms with van der Waals surface area (Å²) in [4.78, 5) is 37.3. The molecule has 0 radical (unpaired) electrons. The van der Waals surface area contributed by atoms with Crippen molar-refractivity contribution in [2.24, 2.45) is 11.8 Å². The van der Waals surface area contributed by atoms with Gasteiger partial charge in [-0.25, -0.2) is 4.79 Å². The van der Waals surface area contributed by atoms with Crippen LogP contribution >= 0.6 is 0 Å². The van der Waals surface area contributed by atoms with Gasteiger partial charge in [0, 0.05) is 25.9 Å². The number of ether oxygens (including phenoxy) is 1. The molecule has 7 heteroatoms. The summed E-state index contributed by atoms with van der Waals surface area (Å²) in [6.07, 6.45) is 5.16. The van der Waals surface area contributed by atoms with E-state index in [1.807, 2.05) is 6.08 Å². The van der Waals surface area contributed by atoms with Gasteiger partial charge in [-0.05, 0) is 52.4 Å². The number of unbranched alkanes of at least 4 members (excludes halogenated alkanes) is 1. The highest BCUT2D eigenvalue weighted by atomic mass is 16.6. The predicted molar refractivity (Wildman–Crippen MR) is 110 cm³/mol. The molecule has 3 N–H and O–H groups in total. The van der Waals surface area contributed by atoms with Crippen molar-refractivity contribution in [3.05, 3.63) is 12.7 Å². The fourth-order valence-electron chi connectivity index (χ4n) is 3.68. The Balaban J connectivity index is 3.02. The van der Waals surface area contributed by atoms with E-state index >= 15 is 0 Å². The number of carbonyl (C=O) groups is 3. The van der Waals surface area contributed by atoms with Crippen molar-refractivity contribution in [3.63, 3.8) is 0 Å². The highest BCUT2D eigenvalue weighted by Gasteiger charge is 2.49. The highest BCUT2D eigenvalue weighted by Crippen LogP contribution is 2.38. The van der Waals surface area contributed by atoms with Gasteiger partial charge in [0.25, 0.3) is 0 Å². The molecule has 0 aromatic heterocycles. The zero-order valence-electron chi connectivity index (χ0n) is 18.0. The first-order valence-corrected chi connectivity index (χ1v) is 10.2. The number of carbonyl (C=O) groups excluding carboxylic acids is 3. The van der Waals surface area contributed by atoms with Gasteiger partial charge in [0.15, 0.2) is 0 Å². The molecule has 28 heavy (non-hydrogen) atoms. The summed E-state index contributed by atoms with van der Waals surface area (Å²) in [5.74, 6) is -0.570. The molecular formula is C21H37N3O4. The molecule has 1 rings (SSSR count). The standard InChI is InChI=1S/C21H37N3O4/c1-7-9-12-22-18(26)21(24-15(3)25)13-16(8-2)10-11-17(21)14-23-19(27)28-20(4,5)6/h8,16-17H,2,7,9-14H2,1,3-6H3,(H,22,26)(H,23,27)(H,24,25). The molecule has 3 atom stereocenters. The van der Waals surface area contributed by atoms with Crippen molar-refractivity contribution >= 4 is 17.9 Å². The lowest BCUT2D eigenvalue weighted by molar-refractivity contribution is -0.137. The maximum atomic E-state index is 13.2. The molecule has 0 heterocycles. The van der Waals surface area contributed by atoms with E-state index in [4.69, 9.17) is 4.74 Å². The number of amides is 3. The van der Waals surface area contributed by atoms with Crippen LogP contribution in [0, 0.1) is 11.8 Å². The van der Waals surface area contributed by atoms with Crippen molar-refractivity contribution in [2.75, 3.05) is 13.1 Å². The second-order valence-corrected chi connectivity index (χ2v) is 8.62. The van der Waals surface area contributed by atoms with Crippen molar-refractivity contribution in [2.45, 2.75) is 77.9 Å². The van der Waals surface area contributed by atoms with Crippen LogP contribution < -0.4 is 16.0 Å². The van der Waals surface area contributed by atoms with Gasteiger partial charge in [-0.3, -0.25) is 9.59 Å². The van der Waals surface area contributed by atoms with Crippen LogP contribution in [0.3, 0.4) is 0 Å². The van der Waals surface area contributed by atoms with Crippen LogP contribution in [-0.2, 0) is 14.3 Å². The van der Waals surface area contributed by atoms with E-state index in [-0.39, 0.29) is 30.2 Å². The van der Waals surface area contributed by atoms with E-state index in [1.165, 1.54) is 6.92 Å². The molecule has 1 aliphatic carbocycles. The highest BCUT2D eigenvalue weighted by molar-refractivity contribution is 5.91. The summed E-state index contributed by atoms with van der Waals surface area (Å²) in [6, 6.07) is 0. The SMILES string of the molecule is C=CC1CCC(CNC(=O)OC(C)(C)C)C(NC(C)=O)(C(=O)NCCCC)C1. The minimum atomic E-state index is -1.08. The fourth-order valence-corrected chi connectivity index (χ4v) is 3.68. The molecule has 0 aromatic carbocycles. The van der Waals surface area contributed by atoms with Crippen molar-refractivity contribution in [1.82, 2.24) is 16.0 Å². The molecule has 0 aromatic rings. The Bertz CT molecular complexity index is 570. The van der Waals surface area contributed by atoms with Gasteiger partial charge in [0.2, 0.25) is 11.8 Å². The average molecular weight is 396 g/mol. The van der Waals surface area contributed by atoms with Gasteiger partial charge in [-0.2, -0.15) is 0 Å². The second kappa shape index (κ2) is 10.5. The van der Waals surface area contributed by atoms with E-state index in [2.05, 4.69) is 29.5 Å². The molecule has 0 bridgehead atoms. The molecule has 3 amide bonds. The van der Waals surface area contributed by atoms with Gasteiger partial charge < -0.3 is 20.7 Å². The predicted octanol–water partition coefficient (Wildman–Crippen LogP) is 2.90. The smallest absolute Gasteiger partial charge is 0.407 e. The molecular weight excluding hydrogens is 358 g/mol. The minimum Gasteiger partial charge on any atom is -0.444 e. The van der Waals surface area contributed by atoms with E-state index in [9.17, 15) is 14.4 Å². The Morgan fingerprint density at radius 2 is 1.89 bits per heavy atom. The van der Waals surface area contributed by atoms with Crippen LogP contribution in [0.2, 0.25) is 0 Å². The van der Waals surface area contributed by atoms with Gasteiger partial charge in [0.1, 0.15) is 11.1 Å². The van der Waals surface area contributed by atoms with Crippen LogP contribution in [0.1, 0.15) is 66.7 Å². The molecule has 0 aliphatic heterocycles. The molecule has 1 saturated carbocycles. The molecule has 7 nitrogen and oxygen atoms in total. The van der Waals surface area contributed by atoms with Crippen LogP contribution in [0.5, 0.6) is 0 Å². The van der Waals surface area contributed by atoms with Crippen molar-refractivity contribution in [1.29, 1.82) is 0 Å². The lowest BCUT2D eigenvalue weighted by Crippen LogP contribution is -2.66. The van der Waals surface area contributed by atoms with Crippen LogP contribution in [-0.4, -0.2) is 42.1 Å². The normalized spacial score (nSPS) is 24.8. The monoisotopic (exact) mass is 395 g/mol. The molecule has 1 fully saturated rings. The molecule has 0 saturated heterocycles. The topological polar surface area (TPSA) is 96.5 Å². The first-order valence-electron chi connectivity index (χ1n) is 10.2. The summed E-state index contributed by atoms with van der Waals surface area (Å²) in [6.45, 7) is 13.5. The summed E-state index contributed by atoms with van der Waals surface area (Å²) in [7, 11) is 0. The first-order chi connectivity index (χ1) is 13.0. The quantitative estimate of drug-likeness (QED) is 0.435. The number of hydrogen-bond donors (Lipinski definition) is 3.